The van der Waals surface area contributed by atoms with Gasteiger partial charge in [-0.15, -0.1) is 11.3 Å². The Hall–Kier alpha value is -1.85. The Balaban J connectivity index is 1.57. The molecule has 0 saturated carbocycles. The molecule has 96 valence electrons. The predicted molar refractivity (Wildman–Crippen MR) is 79.0 cm³/mol. The van der Waals surface area contributed by atoms with Gasteiger partial charge in [0, 0.05) is 22.8 Å². The van der Waals surface area contributed by atoms with Gasteiger partial charge < -0.3 is 5.43 Å². The molecule has 0 saturated heterocycles. The van der Waals surface area contributed by atoms with E-state index < -0.39 is 0 Å². The highest BCUT2D eigenvalue weighted by Crippen LogP contribution is 2.11. The molecule has 0 aliphatic heterocycles. The molecule has 0 amide bonds. The second-order valence-corrected chi connectivity index (χ2v) is 5.28. The largest absolute Gasteiger partial charge is 0.304 e. The third kappa shape index (κ3) is 2.94. The highest BCUT2D eigenvalue weighted by molar-refractivity contribution is 7.15. The van der Waals surface area contributed by atoms with Crippen molar-refractivity contribution < 1.29 is 0 Å². The van der Waals surface area contributed by atoms with Crippen molar-refractivity contribution in [3.63, 3.8) is 0 Å². The van der Waals surface area contributed by atoms with Gasteiger partial charge >= 0.3 is 0 Å². The van der Waals surface area contributed by atoms with E-state index in [0.717, 1.165) is 21.2 Å². The lowest BCUT2D eigenvalue weighted by atomic mass is 10.2. The van der Waals surface area contributed by atoms with Crippen molar-refractivity contribution in [2.75, 3.05) is 0 Å². The molecule has 2 heterocycles. The quantitative estimate of drug-likeness (QED) is 0.592. The van der Waals surface area contributed by atoms with Crippen LogP contribution in [0.3, 0.4) is 0 Å². The molecule has 0 spiro atoms. The molecule has 0 bridgehead atoms. The average Bonchev–Trinajstić information content (AvgIpc) is 2.97. The van der Waals surface area contributed by atoms with E-state index in [4.69, 9.17) is 11.6 Å². The van der Waals surface area contributed by atoms with Crippen molar-refractivity contribution in [3.05, 3.63) is 58.3 Å². The molecule has 3 rings (SSSR count). The second-order valence-electron chi connectivity index (χ2n) is 3.97. The van der Waals surface area contributed by atoms with Crippen LogP contribution in [0.5, 0.6) is 0 Å². The van der Waals surface area contributed by atoms with E-state index in [9.17, 15) is 0 Å². The number of fused-ring (bicyclic) bond motifs is 1. The Bertz CT molecular complexity index is 670. The fourth-order valence-corrected chi connectivity index (χ4v) is 2.50. The van der Waals surface area contributed by atoms with Crippen LogP contribution in [0.25, 0.3) is 4.96 Å². The lowest BCUT2D eigenvalue weighted by molar-refractivity contribution is 0.734. The molecule has 0 fully saturated rings. The fraction of sp³-hybridized carbons (Fsp3) is 0.0769. The van der Waals surface area contributed by atoms with E-state index in [1.165, 1.54) is 0 Å². The summed E-state index contributed by atoms with van der Waals surface area (Å²) in [6, 6.07) is 7.51. The lowest BCUT2D eigenvalue weighted by Gasteiger charge is -1.96. The summed E-state index contributed by atoms with van der Waals surface area (Å²) in [4.78, 5) is 5.46. The summed E-state index contributed by atoms with van der Waals surface area (Å²) in [6.07, 6.45) is 5.75. The van der Waals surface area contributed by atoms with E-state index in [-0.39, 0.29) is 0 Å². The van der Waals surface area contributed by atoms with Crippen LogP contribution < -0.4 is 5.43 Å². The Kier molecular flexibility index (Phi) is 3.48. The Morgan fingerprint density at radius 3 is 3.00 bits per heavy atom. The topological polar surface area (TPSA) is 41.7 Å². The van der Waals surface area contributed by atoms with Crippen LogP contribution in [0.15, 0.2) is 47.1 Å². The number of nitrogens with one attached hydrogen (secondary N) is 1. The van der Waals surface area contributed by atoms with Crippen molar-refractivity contribution in [1.29, 1.82) is 0 Å². The highest BCUT2D eigenvalue weighted by atomic mass is 35.5. The molecule has 0 atom stereocenters. The minimum Gasteiger partial charge on any atom is -0.304 e. The summed E-state index contributed by atoms with van der Waals surface area (Å²) in [5.74, 6) is 0. The minimum atomic E-state index is 0.610. The van der Waals surface area contributed by atoms with Gasteiger partial charge in [-0.2, -0.15) is 5.10 Å². The number of hydrogen-bond acceptors (Lipinski definition) is 4. The lowest BCUT2D eigenvalue weighted by Crippen LogP contribution is -2.05. The van der Waals surface area contributed by atoms with Crippen LogP contribution in [0.1, 0.15) is 11.3 Å². The molecule has 0 aliphatic rings. The second kappa shape index (κ2) is 5.42. The van der Waals surface area contributed by atoms with Crippen molar-refractivity contribution in [2.45, 2.75) is 6.54 Å². The van der Waals surface area contributed by atoms with Crippen molar-refractivity contribution in [2.24, 2.45) is 5.10 Å². The van der Waals surface area contributed by atoms with Crippen LogP contribution in [0.2, 0.25) is 5.02 Å². The maximum Gasteiger partial charge on any atom is 0.193 e. The maximum atomic E-state index is 5.81. The number of halogens is 1. The Labute approximate surface area is 119 Å². The van der Waals surface area contributed by atoms with E-state index in [0.29, 0.717) is 6.54 Å². The first-order valence-corrected chi connectivity index (χ1v) is 6.99. The third-order valence-corrected chi connectivity index (χ3v) is 3.60. The molecule has 4 nitrogen and oxygen atoms in total. The van der Waals surface area contributed by atoms with Crippen molar-refractivity contribution in [3.8, 4) is 0 Å². The van der Waals surface area contributed by atoms with Crippen molar-refractivity contribution in [1.82, 2.24) is 14.8 Å². The van der Waals surface area contributed by atoms with Gasteiger partial charge in [0.05, 0.1) is 18.5 Å². The van der Waals surface area contributed by atoms with E-state index in [2.05, 4.69) is 15.5 Å². The summed E-state index contributed by atoms with van der Waals surface area (Å²) in [5.41, 5.74) is 4.96. The molecular formula is C13H11ClN4S. The Morgan fingerprint density at radius 1 is 1.37 bits per heavy atom. The zero-order valence-corrected chi connectivity index (χ0v) is 11.5. The van der Waals surface area contributed by atoms with Crippen LogP contribution in [0, 0.1) is 0 Å². The number of rotatable bonds is 4. The van der Waals surface area contributed by atoms with E-state index in [1.807, 2.05) is 46.4 Å². The molecule has 19 heavy (non-hydrogen) atoms. The van der Waals surface area contributed by atoms with Gasteiger partial charge in [0.2, 0.25) is 0 Å². The van der Waals surface area contributed by atoms with Crippen LogP contribution in [-0.2, 0) is 6.54 Å². The monoisotopic (exact) mass is 290 g/mol. The smallest absolute Gasteiger partial charge is 0.193 e. The normalized spacial score (nSPS) is 11.4. The van der Waals surface area contributed by atoms with Crippen LogP contribution in [-0.4, -0.2) is 15.6 Å². The highest BCUT2D eigenvalue weighted by Gasteiger charge is 2.00. The molecular weight excluding hydrogens is 280 g/mol. The first-order valence-electron chi connectivity index (χ1n) is 5.74. The van der Waals surface area contributed by atoms with Gasteiger partial charge in [-0.05, 0) is 17.7 Å². The first kappa shape index (κ1) is 12.2. The summed E-state index contributed by atoms with van der Waals surface area (Å²) in [6.45, 7) is 0.610. The SMILES string of the molecule is Clc1ccc(/C=N/NCc2cn3ccsc3n2)cc1. The fourth-order valence-electron chi connectivity index (χ4n) is 1.66. The summed E-state index contributed by atoms with van der Waals surface area (Å²) in [5, 5.41) is 6.89. The minimum absolute atomic E-state index is 0.610. The average molecular weight is 291 g/mol. The van der Waals surface area contributed by atoms with Crippen molar-refractivity contribution >= 4 is 34.1 Å². The zero-order chi connectivity index (χ0) is 13.1. The number of hydrogen-bond donors (Lipinski definition) is 1. The van der Waals surface area contributed by atoms with Gasteiger partial charge in [-0.1, -0.05) is 23.7 Å². The molecule has 6 heteroatoms. The zero-order valence-electron chi connectivity index (χ0n) is 9.95. The van der Waals surface area contributed by atoms with Gasteiger partial charge in [0.1, 0.15) is 0 Å². The first-order chi connectivity index (χ1) is 9.31. The summed E-state index contributed by atoms with van der Waals surface area (Å²) < 4.78 is 2.00. The van der Waals surface area contributed by atoms with Gasteiger partial charge in [-0.3, -0.25) is 4.40 Å². The number of nitrogens with zero attached hydrogens (tertiary/aromatic N) is 3. The maximum absolute atomic E-state index is 5.81. The summed E-state index contributed by atoms with van der Waals surface area (Å²) in [7, 11) is 0. The molecule has 1 aromatic carbocycles. The molecule has 1 N–H and O–H groups in total. The van der Waals surface area contributed by atoms with E-state index in [1.54, 1.807) is 17.6 Å². The molecule has 0 aliphatic carbocycles. The van der Waals surface area contributed by atoms with Crippen LogP contribution in [0.4, 0.5) is 0 Å². The van der Waals surface area contributed by atoms with Gasteiger partial charge in [-0.25, -0.2) is 4.98 Å². The molecule has 0 radical (unpaired) electrons. The number of hydrazone groups is 1. The van der Waals surface area contributed by atoms with Gasteiger partial charge in [0.15, 0.2) is 4.96 Å². The van der Waals surface area contributed by atoms with Gasteiger partial charge in [0.25, 0.3) is 0 Å². The third-order valence-electron chi connectivity index (χ3n) is 2.58. The summed E-state index contributed by atoms with van der Waals surface area (Å²) >= 11 is 7.43. The van der Waals surface area contributed by atoms with E-state index >= 15 is 0 Å². The number of thiazole rings is 1. The molecule has 0 unspecified atom stereocenters. The standard InChI is InChI=1S/C13H11ClN4S/c14-11-3-1-10(2-4-11)7-15-16-8-12-9-18-5-6-19-13(18)17-12/h1-7,9,16H,8H2/b15-7+. The number of aromatic nitrogens is 2. The molecule has 3 aromatic rings. The number of imidazole rings is 1. The van der Waals surface area contributed by atoms with Crippen LogP contribution >= 0.6 is 22.9 Å². The predicted octanol–water partition coefficient (Wildman–Crippen LogP) is 3.17. The number of benzene rings is 1. The molecule has 2 aromatic heterocycles. The Morgan fingerprint density at radius 2 is 2.21 bits per heavy atom.